The lowest BCUT2D eigenvalue weighted by Crippen LogP contribution is -2.46. The molecule has 2 heterocycles. The number of ether oxygens (including phenoxy) is 1. The van der Waals surface area contributed by atoms with Gasteiger partial charge in [0, 0.05) is 24.0 Å². The summed E-state index contributed by atoms with van der Waals surface area (Å²) in [5, 5.41) is 4.26. The second-order valence-corrected chi connectivity index (χ2v) is 4.23. The second kappa shape index (κ2) is 7.69. The van der Waals surface area contributed by atoms with E-state index in [1.807, 2.05) is 13.0 Å². The van der Waals surface area contributed by atoms with Gasteiger partial charge in [-0.1, -0.05) is 4.68 Å². The summed E-state index contributed by atoms with van der Waals surface area (Å²) >= 11 is 0. The van der Waals surface area contributed by atoms with Crippen LogP contribution in [0, 0.1) is 0 Å². The second-order valence-electron chi connectivity index (χ2n) is 3.77. The molecule has 2 unspecified atom stereocenters. The quantitative estimate of drug-likeness (QED) is 0.566. The molecule has 2 aromatic rings. The summed E-state index contributed by atoms with van der Waals surface area (Å²) in [6, 6.07) is 3.60. The van der Waals surface area contributed by atoms with Crippen molar-refractivity contribution in [3.05, 3.63) is 36.9 Å². The average Bonchev–Trinajstić information content (AvgIpc) is 2.52. The van der Waals surface area contributed by atoms with Gasteiger partial charge in [-0.2, -0.15) is 0 Å². The molecule has 0 fully saturated rings. The van der Waals surface area contributed by atoms with Crippen molar-refractivity contribution in [2.45, 2.75) is 13.2 Å². The zero-order chi connectivity index (χ0) is 14.2. The van der Waals surface area contributed by atoms with Crippen LogP contribution in [0.4, 0.5) is 0 Å². The Bertz CT molecular complexity index is 538. The molecule has 0 saturated carbocycles. The van der Waals surface area contributed by atoms with Gasteiger partial charge in [0.05, 0.1) is 6.61 Å². The van der Waals surface area contributed by atoms with Crippen LogP contribution in [0.1, 0.15) is 13.2 Å². The Morgan fingerprint density at radius 1 is 1.40 bits per heavy atom. The van der Waals surface area contributed by atoms with Crippen LogP contribution in [0.3, 0.4) is 0 Å². The molecule has 0 aliphatic carbocycles. The molecule has 0 aromatic carbocycles. The third-order valence-corrected chi connectivity index (χ3v) is 2.78. The fourth-order valence-electron chi connectivity index (χ4n) is 1.62. The van der Waals surface area contributed by atoms with E-state index < -0.39 is 14.9 Å². The first-order chi connectivity index (χ1) is 9.85. The highest BCUT2D eigenvalue weighted by Crippen LogP contribution is 2.11. The van der Waals surface area contributed by atoms with Crippen molar-refractivity contribution in [3.8, 4) is 11.4 Å². The monoisotopic (exact) mass is 294 g/mol. The van der Waals surface area contributed by atoms with Crippen LogP contribution >= 0.6 is 8.69 Å². The maximum atomic E-state index is 10.4. The van der Waals surface area contributed by atoms with Crippen LogP contribution in [-0.2, 0) is 13.8 Å². The van der Waals surface area contributed by atoms with Gasteiger partial charge in [-0.05, 0) is 22.7 Å². The minimum atomic E-state index is -0.816. The lowest BCUT2D eigenvalue weighted by atomic mass is 10.3. The Balaban J connectivity index is 2.15. The Morgan fingerprint density at radius 2 is 2.20 bits per heavy atom. The van der Waals surface area contributed by atoms with Gasteiger partial charge < -0.3 is 4.74 Å². The van der Waals surface area contributed by atoms with E-state index in [9.17, 15) is 4.57 Å². The molecule has 0 aliphatic heterocycles. The van der Waals surface area contributed by atoms with E-state index in [1.54, 1.807) is 35.5 Å². The number of hydrogen-bond donors (Lipinski definition) is 0. The smallest absolute Gasteiger partial charge is 0.317 e. The van der Waals surface area contributed by atoms with Crippen molar-refractivity contribution in [1.82, 2.24) is 15.1 Å². The van der Waals surface area contributed by atoms with Crippen molar-refractivity contribution in [2.75, 3.05) is 13.2 Å². The summed E-state index contributed by atoms with van der Waals surface area (Å²) in [6.45, 7) is 2.56. The van der Waals surface area contributed by atoms with Crippen molar-refractivity contribution >= 4 is 8.69 Å². The Labute approximate surface area is 117 Å². The molecular weight excluding hydrogens is 279 g/mol. The molecule has 0 aliphatic rings. The number of aromatic nitrogens is 4. The molecule has 2 atom stereocenters. The molecule has 104 valence electrons. The minimum absolute atomic E-state index is 0.175. The van der Waals surface area contributed by atoms with E-state index in [2.05, 4.69) is 15.1 Å². The third-order valence-electron chi connectivity index (χ3n) is 2.50. The van der Waals surface area contributed by atoms with Gasteiger partial charge in [-0.25, -0.2) is 9.97 Å². The Morgan fingerprint density at radius 3 is 2.80 bits per heavy atom. The van der Waals surface area contributed by atoms with Crippen LogP contribution < -0.4 is 4.68 Å². The Kier molecular flexibility index (Phi) is 5.61. The zero-order valence-electron chi connectivity index (χ0n) is 11.0. The van der Waals surface area contributed by atoms with Crippen LogP contribution in [-0.4, -0.2) is 28.3 Å². The predicted octanol–water partition coefficient (Wildman–Crippen LogP) is 1.32. The minimum Gasteiger partial charge on any atom is -0.317 e. The molecule has 0 amide bonds. The molecule has 0 bridgehead atoms. The van der Waals surface area contributed by atoms with E-state index in [4.69, 9.17) is 9.26 Å². The molecule has 0 saturated heterocycles. The fourth-order valence-corrected chi connectivity index (χ4v) is 1.83. The third kappa shape index (κ3) is 3.84. The predicted molar refractivity (Wildman–Crippen MR) is 71.1 cm³/mol. The number of hydrogen-bond acceptors (Lipinski definition) is 6. The van der Waals surface area contributed by atoms with Gasteiger partial charge in [0.25, 0.3) is 0 Å². The van der Waals surface area contributed by atoms with Crippen LogP contribution in [0.2, 0.25) is 0 Å². The molecule has 8 heteroatoms. The van der Waals surface area contributed by atoms with Gasteiger partial charge in [-0.3, -0.25) is 0 Å². The maximum Gasteiger partial charge on any atom is 0.494 e. The summed E-state index contributed by atoms with van der Waals surface area (Å²) in [5.41, 5.74) is 0.809. The summed E-state index contributed by atoms with van der Waals surface area (Å²) in [5.74, 6) is 0.609. The first-order valence-electron chi connectivity index (χ1n) is 6.10. The molecular formula is C12H15N4O3P+2. The lowest BCUT2D eigenvalue weighted by molar-refractivity contribution is -0.812. The van der Waals surface area contributed by atoms with Gasteiger partial charge >= 0.3 is 14.9 Å². The molecule has 0 spiro atoms. The normalized spacial score (nSPS) is 12.4. The van der Waals surface area contributed by atoms with Crippen molar-refractivity contribution in [3.63, 3.8) is 0 Å². The van der Waals surface area contributed by atoms with Crippen molar-refractivity contribution < 1.29 is 18.5 Å². The highest BCUT2D eigenvalue weighted by atomic mass is 31.1. The molecule has 20 heavy (non-hydrogen) atoms. The zero-order valence-corrected chi connectivity index (χ0v) is 12.0. The molecule has 2 aromatic heterocycles. The summed E-state index contributed by atoms with van der Waals surface area (Å²) < 4.78 is 22.4. The molecule has 0 N–H and O–H groups in total. The number of nitrogens with zero attached hydrogens (tertiary/aromatic N) is 4. The fraction of sp³-hybridized carbons (Fsp3) is 0.333. The van der Waals surface area contributed by atoms with Gasteiger partial charge in [0.15, 0.2) is 18.6 Å². The summed E-state index contributed by atoms with van der Waals surface area (Å²) in [7, 11) is -0.816. The molecule has 0 radical (unpaired) electrons. The summed E-state index contributed by atoms with van der Waals surface area (Å²) in [4.78, 5) is 8.31. The lowest BCUT2D eigenvalue weighted by Gasteiger charge is -2.06. The van der Waals surface area contributed by atoms with E-state index in [-0.39, 0.29) is 6.61 Å². The topological polar surface area (TPSA) is 78.1 Å². The SMILES string of the molecule is CCOC(CO[PH+]=O)[n+]1ccc(-c2ncccn2)cn1. The van der Waals surface area contributed by atoms with Gasteiger partial charge in [-0.15, -0.1) is 4.52 Å². The first-order valence-corrected chi connectivity index (χ1v) is 6.92. The maximum absolute atomic E-state index is 10.4. The van der Waals surface area contributed by atoms with Crippen LogP contribution in [0.15, 0.2) is 36.9 Å². The van der Waals surface area contributed by atoms with Crippen molar-refractivity contribution in [1.29, 1.82) is 0 Å². The first kappa shape index (κ1) is 14.6. The average molecular weight is 294 g/mol. The highest BCUT2D eigenvalue weighted by molar-refractivity contribution is 7.17. The standard InChI is InChI=1S/C12H15N4O3P/c1-2-18-11(9-19-20-17)16-7-4-10(8-15-16)12-13-5-3-6-14-12/h3-8,11,20H,2,9H2,1H3/q+2. The van der Waals surface area contributed by atoms with E-state index >= 15 is 0 Å². The highest BCUT2D eigenvalue weighted by Gasteiger charge is 2.23. The molecule has 2 rings (SSSR count). The van der Waals surface area contributed by atoms with Crippen LogP contribution in [0.25, 0.3) is 11.4 Å². The largest absolute Gasteiger partial charge is 0.494 e. The van der Waals surface area contributed by atoms with E-state index in [1.165, 1.54) is 0 Å². The number of rotatable bonds is 7. The van der Waals surface area contributed by atoms with E-state index in [0.717, 1.165) is 5.56 Å². The Hall–Kier alpha value is -1.82. The van der Waals surface area contributed by atoms with Crippen molar-refractivity contribution in [2.24, 2.45) is 0 Å². The van der Waals surface area contributed by atoms with Gasteiger partial charge in [0.1, 0.15) is 6.20 Å². The van der Waals surface area contributed by atoms with E-state index in [0.29, 0.717) is 12.4 Å². The molecule has 7 nitrogen and oxygen atoms in total. The van der Waals surface area contributed by atoms with Gasteiger partial charge in [0.2, 0.25) is 0 Å². The van der Waals surface area contributed by atoms with Crippen LogP contribution in [0.5, 0.6) is 0 Å². The summed E-state index contributed by atoms with van der Waals surface area (Å²) in [6.07, 6.45) is 6.35.